The van der Waals surface area contributed by atoms with E-state index >= 15 is 0 Å². The summed E-state index contributed by atoms with van der Waals surface area (Å²) >= 11 is 0. The third kappa shape index (κ3) is 3.38. The lowest BCUT2D eigenvalue weighted by atomic mass is 10.1. The molecule has 0 radical (unpaired) electrons. The predicted molar refractivity (Wildman–Crippen MR) is 81.0 cm³/mol. The molecule has 1 N–H and O–H groups in total. The molecule has 0 atom stereocenters. The van der Waals surface area contributed by atoms with Crippen molar-refractivity contribution in [2.75, 3.05) is 0 Å². The summed E-state index contributed by atoms with van der Waals surface area (Å²) in [6.07, 6.45) is 3.35. The minimum absolute atomic E-state index is 0.0449. The Morgan fingerprint density at radius 3 is 2.82 bits per heavy atom. The number of carbonyl (C=O) groups excluding carboxylic acids is 1. The van der Waals surface area contributed by atoms with Gasteiger partial charge in [0.25, 0.3) is 11.6 Å². The van der Waals surface area contributed by atoms with Gasteiger partial charge in [-0.2, -0.15) is 5.10 Å². The van der Waals surface area contributed by atoms with Crippen molar-refractivity contribution in [3.05, 3.63) is 63.1 Å². The third-order valence-electron chi connectivity index (χ3n) is 3.17. The lowest BCUT2D eigenvalue weighted by Crippen LogP contribution is -2.17. The Balaban J connectivity index is 2.10. The van der Waals surface area contributed by atoms with E-state index in [1.165, 1.54) is 18.5 Å². The largest absolute Gasteiger partial charge is 0.469 e. The zero-order valence-electron chi connectivity index (χ0n) is 12.2. The van der Waals surface area contributed by atoms with Crippen molar-refractivity contribution in [1.82, 2.24) is 5.43 Å². The summed E-state index contributed by atoms with van der Waals surface area (Å²) in [6, 6.07) is 6.37. The number of hydrogen-bond donors (Lipinski definition) is 1. The molecule has 2 rings (SSSR count). The van der Waals surface area contributed by atoms with Crippen LogP contribution in [0.15, 0.2) is 40.0 Å². The van der Waals surface area contributed by atoms with Crippen molar-refractivity contribution < 1.29 is 14.1 Å². The molecule has 7 heteroatoms. The Hall–Kier alpha value is -2.96. The molecule has 1 amide bonds. The van der Waals surface area contributed by atoms with Crippen LogP contribution >= 0.6 is 0 Å². The lowest BCUT2D eigenvalue weighted by Gasteiger charge is -2.01. The Labute approximate surface area is 126 Å². The molecule has 114 valence electrons. The highest BCUT2D eigenvalue weighted by Crippen LogP contribution is 2.20. The molecule has 1 heterocycles. The minimum Gasteiger partial charge on any atom is -0.469 e. The number of aryl methyl sites for hydroxylation is 2. The molecule has 1 aromatic carbocycles. The molecular weight excluding hydrogens is 286 g/mol. The first-order valence-corrected chi connectivity index (χ1v) is 6.67. The van der Waals surface area contributed by atoms with Crippen LogP contribution in [0, 0.1) is 17.0 Å². The number of hydrazone groups is 1. The molecule has 0 bridgehead atoms. The van der Waals surface area contributed by atoms with E-state index in [2.05, 4.69) is 10.5 Å². The number of nitro groups is 1. The standard InChI is InChI=1S/C15H15N3O4/c1-3-12-5-4-11(8-14(12)18(20)21)9-16-17-15(19)13-6-7-22-10(13)2/h4-9H,3H2,1-2H3,(H,17,19)/b16-9-. The monoisotopic (exact) mass is 301 g/mol. The molecule has 0 saturated carbocycles. The number of rotatable bonds is 5. The molecule has 0 fully saturated rings. The van der Waals surface area contributed by atoms with Gasteiger partial charge in [-0.3, -0.25) is 14.9 Å². The summed E-state index contributed by atoms with van der Waals surface area (Å²) in [5.41, 5.74) is 3.98. The molecule has 1 aromatic heterocycles. The van der Waals surface area contributed by atoms with Gasteiger partial charge in [0.05, 0.1) is 23.0 Å². The highest BCUT2D eigenvalue weighted by atomic mass is 16.6. The van der Waals surface area contributed by atoms with Gasteiger partial charge < -0.3 is 4.42 Å². The van der Waals surface area contributed by atoms with Crippen LogP contribution < -0.4 is 5.43 Å². The van der Waals surface area contributed by atoms with Gasteiger partial charge in [0, 0.05) is 17.2 Å². The van der Waals surface area contributed by atoms with Crippen LogP contribution in [-0.4, -0.2) is 17.0 Å². The number of carbonyl (C=O) groups is 1. The minimum atomic E-state index is -0.427. The second-order valence-electron chi connectivity index (χ2n) is 4.59. The fraction of sp³-hybridized carbons (Fsp3) is 0.200. The number of furan rings is 1. The Morgan fingerprint density at radius 1 is 1.45 bits per heavy atom. The zero-order valence-corrected chi connectivity index (χ0v) is 12.2. The molecule has 0 unspecified atom stereocenters. The van der Waals surface area contributed by atoms with E-state index in [0.717, 1.165) is 0 Å². The van der Waals surface area contributed by atoms with Gasteiger partial charge in [-0.05, 0) is 19.4 Å². The van der Waals surface area contributed by atoms with E-state index in [4.69, 9.17) is 4.42 Å². The van der Waals surface area contributed by atoms with Gasteiger partial charge in [0.15, 0.2) is 0 Å². The number of nitro benzene ring substituents is 1. The topological polar surface area (TPSA) is 97.7 Å². The van der Waals surface area contributed by atoms with Crippen LogP contribution in [0.1, 0.15) is 34.2 Å². The maximum atomic E-state index is 11.8. The first-order valence-electron chi connectivity index (χ1n) is 6.67. The Kier molecular flexibility index (Phi) is 4.67. The molecule has 0 aliphatic carbocycles. The fourth-order valence-electron chi connectivity index (χ4n) is 1.98. The maximum absolute atomic E-state index is 11.8. The third-order valence-corrected chi connectivity index (χ3v) is 3.17. The van der Waals surface area contributed by atoms with Gasteiger partial charge in [0.1, 0.15) is 5.76 Å². The number of nitrogens with zero attached hydrogens (tertiary/aromatic N) is 2. The SMILES string of the molecule is CCc1ccc(/C=N\NC(=O)c2ccoc2C)cc1[N+](=O)[O-]. The van der Waals surface area contributed by atoms with Crippen LogP contribution in [0.3, 0.4) is 0 Å². The van der Waals surface area contributed by atoms with Gasteiger partial charge >= 0.3 is 0 Å². The fourth-order valence-corrected chi connectivity index (χ4v) is 1.98. The van der Waals surface area contributed by atoms with Crippen LogP contribution in [0.25, 0.3) is 0 Å². The molecular formula is C15H15N3O4. The molecule has 0 saturated heterocycles. The van der Waals surface area contributed by atoms with E-state index in [1.807, 2.05) is 6.92 Å². The summed E-state index contributed by atoms with van der Waals surface area (Å²) in [7, 11) is 0. The van der Waals surface area contributed by atoms with Crippen molar-refractivity contribution in [3.63, 3.8) is 0 Å². The van der Waals surface area contributed by atoms with Crippen LogP contribution in [0.4, 0.5) is 5.69 Å². The first-order chi connectivity index (χ1) is 10.5. The summed E-state index contributed by atoms with van der Waals surface area (Å²) in [4.78, 5) is 22.4. The predicted octanol–water partition coefficient (Wildman–Crippen LogP) is 2.82. The molecule has 2 aromatic rings. The normalized spacial score (nSPS) is 10.8. The van der Waals surface area contributed by atoms with E-state index < -0.39 is 10.8 Å². The number of amides is 1. The summed E-state index contributed by atoms with van der Waals surface area (Å²) in [6.45, 7) is 3.52. The van der Waals surface area contributed by atoms with Crippen LogP contribution in [0.2, 0.25) is 0 Å². The first kappa shape index (κ1) is 15.4. The Bertz CT molecular complexity index is 734. The molecule has 22 heavy (non-hydrogen) atoms. The van der Waals surface area contributed by atoms with Crippen molar-refractivity contribution in [2.45, 2.75) is 20.3 Å². The quantitative estimate of drug-likeness (QED) is 0.521. The van der Waals surface area contributed by atoms with Crippen molar-refractivity contribution in [1.29, 1.82) is 0 Å². The summed E-state index contributed by atoms with van der Waals surface area (Å²) in [5.74, 6) is 0.0952. The smallest absolute Gasteiger partial charge is 0.274 e. The van der Waals surface area contributed by atoms with Crippen molar-refractivity contribution >= 4 is 17.8 Å². The summed E-state index contributed by atoms with van der Waals surface area (Å²) in [5, 5.41) is 14.8. The lowest BCUT2D eigenvalue weighted by molar-refractivity contribution is -0.385. The van der Waals surface area contributed by atoms with E-state index in [-0.39, 0.29) is 5.69 Å². The van der Waals surface area contributed by atoms with Gasteiger partial charge in [0.2, 0.25) is 0 Å². The summed E-state index contributed by atoms with van der Waals surface area (Å²) < 4.78 is 5.03. The highest BCUT2D eigenvalue weighted by molar-refractivity contribution is 5.95. The van der Waals surface area contributed by atoms with Crippen LogP contribution in [-0.2, 0) is 6.42 Å². The maximum Gasteiger partial charge on any atom is 0.274 e. The zero-order chi connectivity index (χ0) is 16.1. The van der Waals surface area contributed by atoms with E-state index in [9.17, 15) is 14.9 Å². The second-order valence-corrected chi connectivity index (χ2v) is 4.59. The number of nitrogens with one attached hydrogen (secondary N) is 1. The molecule has 0 spiro atoms. The number of benzene rings is 1. The average molecular weight is 301 g/mol. The van der Waals surface area contributed by atoms with E-state index in [1.54, 1.807) is 25.1 Å². The Morgan fingerprint density at radius 2 is 2.23 bits per heavy atom. The van der Waals surface area contributed by atoms with Gasteiger partial charge in [-0.1, -0.05) is 19.1 Å². The van der Waals surface area contributed by atoms with Crippen LogP contribution in [0.5, 0.6) is 0 Å². The van der Waals surface area contributed by atoms with Gasteiger partial charge in [-0.25, -0.2) is 5.43 Å². The van der Waals surface area contributed by atoms with Gasteiger partial charge in [-0.15, -0.1) is 0 Å². The highest BCUT2D eigenvalue weighted by Gasteiger charge is 2.13. The molecule has 0 aliphatic heterocycles. The average Bonchev–Trinajstić information content (AvgIpc) is 2.93. The van der Waals surface area contributed by atoms with E-state index in [0.29, 0.717) is 28.9 Å². The molecule has 0 aliphatic rings. The second kappa shape index (κ2) is 6.66. The van der Waals surface area contributed by atoms with Crippen molar-refractivity contribution in [2.24, 2.45) is 5.10 Å². The molecule has 7 nitrogen and oxygen atoms in total. The number of hydrogen-bond acceptors (Lipinski definition) is 5. The van der Waals surface area contributed by atoms with Crippen molar-refractivity contribution in [3.8, 4) is 0 Å².